The second-order valence-electron chi connectivity index (χ2n) is 7.46. The van der Waals surface area contributed by atoms with Crippen molar-refractivity contribution < 1.29 is 34.8 Å². The summed E-state index contributed by atoms with van der Waals surface area (Å²) in [6.45, 7) is -0.0984. The van der Waals surface area contributed by atoms with Crippen molar-refractivity contribution in [1.82, 2.24) is 24.8 Å². The lowest BCUT2D eigenvalue weighted by molar-refractivity contribution is -0.135. The number of carbonyl (C=O) groups is 2. The molecule has 4 atom stereocenters. The zero-order valence-corrected chi connectivity index (χ0v) is 18.4. The van der Waals surface area contributed by atoms with Gasteiger partial charge in [-0.15, -0.1) is 0 Å². The smallest absolute Gasteiger partial charge is 0.323 e. The molecule has 3 aromatic rings. The van der Waals surface area contributed by atoms with Gasteiger partial charge >= 0.3 is 5.97 Å². The molecule has 0 bridgehead atoms. The van der Waals surface area contributed by atoms with Gasteiger partial charge in [-0.1, -0.05) is 23.9 Å². The van der Waals surface area contributed by atoms with Gasteiger partial charge in [0.15, 0.2) is 23.2 Å². The lowest BCUT2D eigenvalue weighted by atomic mass is 10.1. The highest BCUT2D eigenvalue weighted by Gasteiger charge is 2.44. The number of phenolic OH excluding ortho intramolecular Hbond substituents is 1. The molecule has 4 unspecified atom stereocenters. The predicted octanol–water partition coefficient (Wildman–Crippen LogP) is 0.291. The Bertz CT molecular complexity index is 1170. The summed E-state index contributed by atoms with van der Waals surface area (Å²) < 4.78 is 7.27. The number of thioether (sulfide) groups is 1. The first-order valence-corrected chi connectivity index (χ1v) is 11.2. The van der Waals surface area contributed by atoms with Crippen molar-refractivity contribution in [3.05, 3.63) is 42.5 Å². The molecule has 2 aromatic heterocycles. The molecule has 1 fully saturated rings. The molecule has 14 heteroatoms. The summed E-state index contributed by atoms with van der Waals surface area (Å²) in [5.41, 5.74) is 1.71. The van der Waals surface area contributed by atoms with Crippen LogP contribution in [0.3, 0.4) is 0 Å². The molecule has 1 saturated heterocycles. The van der Waals surface area contributed by atoms with Crippen LogP contribution in [0.5, 0.6) is 5.75 Å². The molecule has 3 heterocycles. The van der Waals surface area contributed by atoms with Gasteiger partial charge in [0.1, 0.15) is 30.8 Å². The maximum absolute atomic E-state index is 11.7. The Morgan fingerprint density at radius 3 is 2.62 bits per heavy atom. The number of fused-ring (bicyclic) bond motifs is 1. The lowest BCUT2D eigenvalue weighted by Gasteiger charge is -2.16. The predicted molar refractivity (Wildman–Crippen MR) is 120 cm³/mol. The number of aliphatic carboxylic acids is 1. The number of anilines is 1. The number of carboxylic acids is 1. The molecule has 0 saturated carbocycles. The van der Waals surface area contributed by atoms with Gasteiger partial charge in [0.2, 0.25) is 0 Å². The average Bonchev–Trinajstić information content (AvgIpc) is 3.37. The van der Waals surface area contributed by atoms with Gasteiger partial charge in [-0.25, -0.2) is 15.0 Å². The van der Waals surface area contributed by atoms with Gasteiger partial charge < -0.3 is 35.8 Å². The monoisotopic (exact) mass is 490 g/mol. The molecule has 6 N–H and O–H groups in total. The van der Waals surface area contributed by atoms with Gasteiger partial charge in [-0.3, -0.25) is 14.2 Å². The van der Waals surface area contributed by atoms with E-state index in [4.69, 9.17) is 9.84 Å². The van der Waals surface area contributed by atoms with Gasteiger partial charge in [0.25, 0.3) is 5.24 Å². The quantitative estimate of drug-likeness (QED) is 0.253. The minimum Gasteiger partial charge on any atom is -0.508 e. The van der Waals surface area contributed by atoms with Crippen molar-refractivity contribution in [2.75, 3.05) is 17.6 Å². The van der Waals surface area contributed by atoms with E-state index in [-0.39, 0.29) is 11.5 Å². The third-order valence-corrected chi connectivity index (χ3v) is 6.03. The van der Waals surface area contributed by atoms with Crippen LogP contribution in [0.25, 0.3) is 11.2 Å². The molecule has 1 aliphatic heterocycles. The SMILES string of the molecule is O=C(O)CNC(=O)SCC1OC(n2cnc3c(NCc4ccc(O)cc4)ncnc32)C(O)C1O. The Morgan fingerprint density at radius 1 is 1.12 bits per heavy atom. The molecule has 0 spiro atoms. The maximum atomic E-state index is 11.7. The molecule has 4 rings (SSSR count). The fourth-order valence-corrected chi connectivity index (χ4v) is 4.19. The highest BCUT2D eigenvalue weighted by atomic mass is 32.2. The molecule has 13 nitrogen and oxygen atoms in total. The minimum absolute atomic E-state index is 0.00122. The molecular formula is C20H22N6O7S. The molecule has 0 radical (unpaired) electrons. The molecule has 1 aromatic carbocycles. The number of nitrogens with one attached hydrogen (secondary N) is 2. The number of amides is 1. The van der Waals surface area contributed by atoms with E-state index in [0.717, 1.165) is 17.3 Å². The number of nitrogens with zero attached hydrogens (tertiary/aromatic N) is 4. The molecule has 1 aliphatic rings. The molecule has 0 aliphatic carbocycles. The summed E-state index contributed by atoms with van der Waals surface area (Å²) in [6, 6.07) is 6.69. The van der Waals surface area contributed by atoms with E-state index in [1.165, 1.54) is 17.2 Å². The van der Waals surface area contributed by atoms with Crippen LogP contribution >= 0.6 is 11.8 Å². The van der Waals surface area contributed by atoms with E-state index in [1.807, 2.05) is 0 Å². The Labute approximate surface area is 196 Å². The standard InChI is InChI=1S/C20H22N6O7S/c27-11-3-1-10(2-4-11)5-21-17-14-18(24-8-23-17)26(9-25-14)19-16(31)15(30)12(33-19)7-34-20(32)22-6-13(28)29/h1-4,8-9,12,15-16,19,27,30-31H,5-7H2,(H,22,32)(H,28,29)(H,21,23,24). The Balaban J connectivity index is 1.44. The topological polar surface area (TPSA) is 192 Å². The van der Waals surface area contributed by atoms with Gasteiger partial charge in [0.05, 0.1) is 12.4 Å². The summed E-state index contributed by atoms with van der Waals surface area (Å²) in [5, 5.41) is 43.8. The first-order chi connectivity index (χ1) is 16.3. The van der Waals surface area contributed by atoms with Crippen LogP contribution < -0.4 is 10.6 Å². The van der Waals surface area contributed by atoms with Crippen LogP contribution in [-0.4, -0.2) is 81.8 Å². The maximum Gasteiger partial charge on any atom is 0.323 e. The number of aromatic hydroxyl groups is 1. The van der Waals surface area contributed by atoms with Crippen molar-refractivity contribution in [3.8, 4) is 5.75 Å². The van der Waals surface area contributed by atoms with Crippen LogP contribution in [0.1, 0.15) is 11.8 Å². The zero-order valence-electron chi connectivity index (χ0n) is 17.6. The van der Waals surface area contributed by atoms with E-state index in [0.29, 0.717) is 23.5 Å². The number of benzene rings is 1. The minimum atomic E-state index is -1.31. The number of hydrogen-bond donors (Lipinski definition) is 6. The summed E-state index contributed by atoms with van der Waals surface area (Å²) >= 11 is 0.747. The lowest BCUT2D eigenvalue weighted by Crippen LogP contribution is -2.33. The number of rotatable bonds is 8. The Morgan fingerprint density at radius 2 is 1.88 bits per heavy atom. The van der Waals surface area contributed by atoms with E-state index >= 15 is 0 Å². The first-order valence-electron chi connectivity index (χ1n) is 10.2. The molecule has 180 valence electrons. The fourth-order valence-electron chi connectivity index (χ4n) is 3.42. The molecular weight excluding hydrogens is 468 g/mol. The van der Waals surface area contributed by atoms with Gasteiger partial charge in [-0.05, 0) is 17.7 Å². The Hall–Kier alpha value is -3.46. The second-order valence-corrected chi connectivity index (χ2v) is 8.45. The highest BCUT2D eigenvalue weighted by molar-refractivity contribution is 8.13. The molecule has 1 amide bonds. The van der Waals surface area contributed by atoms with E-state index in [2.05, 4.69) is 25.6 Å². The number of aromatic nitrogens is 4. The van der Waals surface area contributed by atoms with Crippen molar-refractivity contribution >= 4 is 40.0 Å². The van der Waals surface area contributed by atoms with Crippen LogP contribution in [0, 0.1) is 0 Å². The number of phenols is 1. The van der Waals surface area contributed by atoms with Crippen LogP contribution in [-0.2, 0) is 16.1 Å². The van der Waals surface area contributed by atoms with E-state index in [9.17, 15) is 24.9 Å². The number of carboxylic acid groups (broad SMARTS) is 1. The number of aliphatic hydroxyl groups is 2. The number of carbonyl (C=O) groups excluding carboxylic acids is 1. The second kappa shape index (κ2) is 10.2. The van der Waals surface area contributed by atoms with Gasteiger partial charge in [-0.2, -0.15) is 0 Å². The number of hydrogen-bond acceptors (Lipinski definition) is 11. The average molecular weight is 490 g/mol. The number of ether oxygens (including phenoxy) is 1. The zero-order chi connectivity index (χ0) is 24.2. The summed E-state index contributed by atoms with van der Waals surface area (Å²) in [7, 11) is 0. The third kappa shape index (κ3) is 5.20. The molecule has 34 heavy (non-hydrogen) atoms. The largest absolute Gasteiger partial charge is 0.508 e. The van der Waals surface area contributed by atoms with Gasteiger partial charge in [0, 0.05) is 12.3 Å². The number of imidazole rings is 1. The van der Waals surface area contributed by atoms with Crippen LogP contribution in [0.4, 0.5) is 10.6 Å². The van der Waals surface area contributed by atoms with Crippen molar-refractivity contribution in [2.24, 2.45) is 0 Å². The van der Waals surface area contributed by atoms with Crippen LogP contribution in [0.2, 0.25) is 0 Å². The van der Waals surface area contributed by atoms with Crippen molar-refractivity contribution in [1.29, 1.82) is 0 Å². The normalized spacial score (nSPS) is 22.1. The van der Waals surface area contributed by atoms with Crippen molar-refractivity contribution in [3.63, 3.8) is 0 Å². The van der Waals surface area contributed by atoms with E-state index < -0.39 is 42.3 Å². The third-order valence-electron chi connectivity index (χ3n) is 5.13. The van der Waals surface area contributed by atoms with Crippen LogP contribution in [0.15, 0.2) is 36.9 Å². The summed E-state index contributed by atoms with van der Waals surface area (Å²) in [5.74, 6) is -0.553. The Kier molecular flexibility index (Phi) is 7.12. The fraction of sp³-hybridized carbons (Fsp3) is 0.350. The van der Waals surface area contributed by atoms with Crippen molar-refractivity contribution in [2.45, 2.75) is 31.1 Å². The first kappa shape index (κ1) is 23.7. The summed E-state index contributed by atoms with van der Waals surface area (Å²) in [6.07, 6.45) is -1.73. The number of aliphatic hydroxyl groups excluding tert-OH is 2. The summed E-state index contributed by atoms with van der Waals surface area (Å²) in [4.78, 5) is 35.0. The highest BCUT2D eigenvalue weighted by Crippen LogP contribution is 2.33. The van der Waals surface area contributed by atoms with E-state index in [1.54, 1.807) is 24.3 Å².